The smallest absolute Gasteiger partial charge is 0.276 e. The van der Waals surface area contributed by atoms with Gasteiger partial charge in [0.15, 0.2) is 5.69 Å². The fraction of sp³-hybridized carbons (Fsp3) is 0.438. The Morgan fingerprint density at radius 3 is 3.10 bits per heavy atom. The lowest BCUT2D eigenvalue weighted by Gasteiger charge is -2.22. The molecule has 2 fully saturated rings. The van der Waals surface area contributed by atoms with Crippen molar-refractivity contribution in [3.05, 3.63) is 36.4 Å². The molecule has 0 unspecified atom stereocenters. The van der Waals surface area contributed by atoms with E-state index < -0.39 is 0 Å². The molecule has 1 aliphatic heterocycles. The Hall–Kier alpha value is -2.17. The molecule has 5 nitrogen and oxygen atoms in total. The van der Waals surface area contributed by atoms with Gasteiger partial charge in [-0.1, -0.05) is 12.5 Å². The second kappa shape index (κ2) is 4.98. The van der Waals surface area contributed by atoms with Crippen LogP contribution in [0.3, 0.4) is 0 Å². The standard InChI is InChI=1S/C16H17N3O2/c20-16(19-9-7-11-4-3-6-14(11)19)13-10-21-15(18-13)12-5-1-2-8-17-12/h1-2,5,8,10-11,14H,3-4,6-7,9H2/t11-,14-/m0/s1. The highest BCUT2D eigenvalue weighted by atomic mass is 16.3. The van der Waals surface area contributed by atoms with Crippen LogP contribution in [0.25, 0.3) is 11.6 Å². The van der Waals surface area contributed by atoms with Crippen molar-refractivity contribution in [1.29, 1.82) is 0 Å². The number of fused-ring (bicyclic) bond motifs is 1. The first-order valence-corrected chi connectivity index (χ1v) is 7.51. The molecule has 0 spiro atoms. The molecule has 21 heavy (non-hydrogen) atoms. The van der Waals surface area contributed by atoms with Gasteiger partial charge >= 0.3 is 0 Å². The summed E-state index contributed by atoms with van der Waals surface area (Å²) in [7, 11) is 0. The molecule has 2 aromatic rings. The van der Waals surface area contributed by atoms with E-state index >= 15 is 0 Å². The number of aromatic nitrogens is 2. The van der Waals surface area contributed by atoms with Crippen molar-refractivity contribution in [2.45, 2.75) is 31.7 Å². The van der Waals surface area contributed by atoms with E-state index in [2.05, 4.69) is 9.97 Å². The number of hydrogen-bond acceptors (Lipinski definition) is 4. The third-order valence-corrected chi connectivity index (χ3v) is 4.63. The van der Waals surface area contributed by atoms with Crippen molar-refractivity contribution in [3.63, 3.8) is 0 Å². The number of hydrogen-bond donors (Lipinski definition) is 0. The van der Waals surface area contributed by atoms with Crippen LogP contribution in [-0.4, -0.2) is 33.4 Å². The van der Waals surface area contributed by atoms with E-state index in [1.54, 1.807) is 6.20 Å². The molecule has 2 atom stereocenters. The molecule has 2 aliphatic rings. The Kier molecular flexibility index (Phi) is 2.98. The Labute approximate surface area is 123 Å². The topological polar surface area (TPSA) is 59.2 Å². The molecular formula is C16H17N3O2. The molecule has 0 bridgehead atoms. The number of amides is 1. The highest BCUT2D eigenvalue weighted by Crippen LogP contribution is 2.38. The molecule has 3 heterocycles. The monoisotopic (exact) mass is 283 g/mol. The van der Waals surface area contributed by atoms with Gasteiger partial charge in [-0.15, -0.1) is 0 Å². The zero-order valence-electron chi connectivity index (χ0n) is 11.7. The van der Waals surface area contributed by atoms with Gasteiger partial charge in [0.05, 0.1) is 0 Å². The van der Waals surface area contributed by atoms with Gasteiger partial charge < -0.3 is 9.32 Å². The van der Waals surface area contributed by atoms with Gasteiger partial charge in [-0.05, 0) is 37.3 Å². The Morgan fingerprint density at radius 1 is 1.29 bits per heavy atom. The Balaban J connectivity index is 1.57. The molecule has 5 heteroatoms. The molecule has 4 rings (SSSR count). The predicted octanol–water partition coefficient (Wildman–Crippen LogP) is 2.75. The minimum absolute atomic E-state index is 0.00432. The van der Waals surface area contributed by atoms with Crippen molar-refractivity contribution < 1.29 is 9.21 Å². The van der Waals surface area contributed by atoms with Crippen molar-refractivity contribution in [2.24, 2.45) is 5.92 Å². The minimum Gasteiger partial charge on any atom is -0.442 e. The van der Waals surface area contributed by atoms with E-state index in [4.69, 9.17) is 4.42 Å². The van der Waals surface area contributed by atoms with Crippen LogP contribution in [0.1, 0.15) is 36.2 Å². The van der Waals surface area contributed by atoms with E-state index in [-0.39, 0.29) is 5.91 Å². The maximum atomic E-state index is 12.6. The minimum atomic E-state index is -0.00432. The zero-order valence-corrected chi connectivity index (χ0v) is 11.7. The number of carbonyl (C=O) groups is 1. The highest BCUT2D eigenvalue weighted by Gasteiger charge is 2.40. The summed E-state index contributed by atoms with van der Waals surface area (Å²) < 4.78 is 5.42. The van der Waals surface area contributed by atoms with E-state index in [1.165, 1.54) is 19.1 Å². The summed E-state index contributed by atoms with van der Waals surface area (Å²) >= 11 is 0. The first-order chi connectivity index (χ1) is 10.3. The van der Waals surface area contributed by atoms with E-state index in [0.717, 1.165) is 19.4 Å². The lowest BCUT2D eigenvalue weighted by atomic mass is 10.0. The summed E-state index contributed by atoms with van der Waals surface area (Å²) in [5.41, 5.74) is 1.04. The molecule has 0 aromatic carbocycles. The number of carbonyl (C=O) groups excluding carboxylic acids is 1. The van der Waals surface area contributed by atoms with Gasteiger partial charge in [0.25, 0.3) is 5.91 Å². The maximum Gasteiger partial charge on any atom is 0.276 e. The van der Waals surface area contributed by atoms with Crippen LogP contribution in [0, 0.1) is 5.92 Å². The quantitative estimate of drug-likeness (QED) is 0.850. The second-order valence-corrected chi connectivity index (χ2v) is 5.80. The van der Waals surface area contributed by atoms with Crippen molar-refractivity contribution >= 4 is 5.91 Å². The number of oxazole rings is 1. The van der Waals surface area contributed by atoms with E-state index in [0.29, 0.717) is 29.2 Å². The highest BCUT2D eigenvalue weighted by molar-refractivity contribution is 5.92. The molecule has 0 N–H and O–H groups in total. The molecule has 1 saturated carbocycles. The number of pyridine rings is 1. The van der Waals surface area contributed by atoms with Crippen LogP contribution in [0.5, 0.6) is 0 Å². The third-order valence-electron chi connectivity index (χ3n) is 4.63. The maximum absolute atomic E-state index is 12.6. The van der Waals surface area contributed by atoms with Gasteiger partial charge in [-0.3, -0.25) is 9.78 Å². The van der Waals surface area contributed by atoms with Gasteiger partial charge in [-0.2, -0.15) is 0 Å². The Morgan fingerprint density at radius 2 is 2.24 bits per heavy atom. The van der Waals surface area contributed by atoms with E-state index in [9.17, 15) is 4.79 Å². The third kappa shape index (κ3) is 2.13. The van der Waals surface area contributed by atoms with Crippen molar-refractivity contribution in [1.82, 2.24) is 14.9 Å². The van der Waals surface area contributed by atoms with Gasteiger partial charge in [-0.25, -0.2) is 4.98 Å². The Bertz CT molecular complexity index is 653. The van der Waals surface area contributed by atoms with Crippen LogP contribution in [0.15, 0.2) is 35.1 Å². The fourth-order valence-corrected chi connectivity index (χ4v) is 3.61. The first kappa shape index (κ1) is 12.6. The molecule has 1 saturated heterocycles. The lowest BCUT2D eigenvalue weighted by Crippen LogP contribution is -2.36. The van der Waals surface area contributed by atoms with Crippen LogP contribution in [0.4, 0.5) is 0 Å². The summed E-state index contributed by atoms with van der Waals surface area (Å²) in [4.78, 5) is 23.1. The number of rotatable bonds is 2. The average molecular weight is 283 g/mol. The van der Waals surface area contributed by atoms with Crippen LogP contribution < -0.4 is 0 Å². The van der Waals surface area contributed by atoms with Crippen LogP contribution in [0.2, 0.25) is 0 Å². The predicted molar refractivity (Wildman–Crippen MR) is 76.5 cm³/mol. The zero-order chi connectivity index (χ0) is 14.2. The summed E-state index contributed by atoms with van der Waals surface area (Å²) in [6.45, 7) is 0.847. The van der Waals surface area contributed by atoms with E-state index in [1.807, 2.05) is 23.1 Å². The van der Waals surface area contributed by atoms with Gasteiger partial charge in [0.1, 0.15) is 12.0 Å². The average Bonchev–Trinajstić information content (AvgIpc) is 3.23. The molecule has 2 aromatic heterocycles. The molecule has 108 valence electrons. The van der Waals surface area contributed by atoms with Crippen molar-refractivity contribution in [3.8, 4) is 11.6 Å². The molecule has 1 aliphatic carbocycles. The molecular weight excluding hydrogens is 266 g/mol. The largest absolute Gasteiger partial charge is 0.442 e. The van der Waals surface area contributed by atoms with Gasteiger partial charge in [0.2, 0.25) is 5.89 Å². The molecule has 0 radical (unpaired) electrons. The van der Waals surface area contributed by atoms with Crippen LogP contribution in [-0.2, 0) is 0 Å². The van der Waals surface area contributed by atoms with Crippen molar-refractivity contribution in [2.75, 3.05) is 6.54 Å². The van der Waals surface area contributed by atoms with Crippen LogP contribution >= 0.6 is 0 Å². The second-order valence-electron chi connectivity index (χ2n) is 5.80. The number of likely N-dealkylation sites (tertiary alicyclic amines) is 1. The normalized spacial score (nSPS) is 24.3. The van der Waals surface area contributed by atoms with Gasteiger partial charge in [0, 0.05) is 18.8 Å². The fourth-order valence-electron chi connectivity index (χ4n) is 3.61. The summed E-state index contributed by atoms with van der Waals surface area (Å²) in [5, 5.41) is 0. The SMILES string of the molecule is O=C(c1coc(-c2ccccn2)n1)N1CC[C@@H]2CCC[C@@H]21. The summed E-state index contributed by atoms with van der Waals surface area (Å²) in [6.07, 6.45) is 7.88. The summed E-state index contributed by atoms with van der Waals surface area (Å²) in [6, 6.07) is 5.94. The lowest BCUT2D eigenvalue weighted by molar-refractivity contribution is 0.0723. The summed E-state index contributed by atoms with van der Waals surface area (Å²) in [5.74, 6) is 1.09. The first-order valence-electron chi connectivity index (χ1n) is 7.51. The number of nitrogens with zero attached hydrogens (tertiary/aromatic N) is 3. The molecule has 1 amide bonds.